The number of hydrogen-bond acceptors (Lipinski definition) is 1. The minimum atomic E-state index is 1.02. The second kappa shape index (κ2) is 5.20. The lowest BCUT2D eigenvalue weighted by molar-refractivity contribution is 0.478. The fourth-order valence-corrected chi connectivity index (χ4v) is 1.14. The molecule has 0 aliphatic rings. The zero-order valence-corrected chi connectivity index (χ0v) is 7.77. The van der Waals surface area contributed by atoms with Gasteiger partial charge in [0.15, 0.2) is 0 Å². The zero-order valence-electron chi connectivity index (χ0n) is 7.77. The molecule has 0 aliphatic heterocycles. The molecule has 0 radical (unpaired) electrons. The van der Waals surface area contributed by atoms with E-state index in [1.165, 1.54) is 0 Å². The Morgan fingerprint density at radius 1 is 1.15 bits per heavy atom. The van der Waals surface area contributed by atoms with E-state index in [1.54, 1.807) is 6.08 Å². The summed E-state index contributed by atoms with van der Waals surface area (Å²) in [6.45, 7) is 2.10. The Bertz CT molecular complexity index is 311. The molecule has 1 aromatic carbocycles. The maximum absolute atomic E-state index is 8.66. The van der Waals surface area contributed by atoms with E-state index < -0.39 is 0 Å². The molecule has 1 N–H and O–H groups in total. The molecule has 1 rings (SSSR count). The predicted octanol–water partition coefficient (Wildman–Crippen LogP) is 3.64. The molecule has 0 fully saturated rings. The van der Waals surface area contributed by atoms with E-state index in [1.807, 2.05) is 24.3 Å². The van der Waals surface area contributed by atoms with E-state index in [4.69, 9.17) is 5.11 Å². The van der Waals surface area contributed by atoms with Crippen molar-refractivity contribution in [2.24, 2.45) is 0 Å². The maximum atomic E-state index is 8.66. The molecule has 1 nitrogen and oxygen atoms in total. The first-order valence-corrected chi connectivity index (χ1v) is 4.44. The van der Waals surface area contributed by atoms with Crippen LogP contribution in [0.25, 0.3) is 12.2 Å². The van der Waals surface area contributed by atoms with Crippen molar-refractivity contribution in [3.63, 3.8) is 0 Å². The Balaban J connectivity index is 2.97. The SMILES string of the molecule is CC/C=C\c1ccccc1/C=C\O. The quantitative estimate of drug-likeness (QED) is 0.693. The van der Waals surface area contributed by atoms with E-state index in [-0.39, 0.29) is 0 Å². The van der Waals surface area contributed by atoms with Gasteiger partial charge in [0, 0.05) is 0 Å². The molecule has 0 saturated heterocycles. The highest BCUT2D eigenvalue weighted by Gasteiger charge is 1.92. The zero-order chi connectivity index (χ0) is 9.52. The summed E-state index contributed by atoms with van der Waals surface area (Å²) in [5, 5.41) is 8.66. The van der Waals surface area contributed by atoms with E-state index >= 15 is 0 Å². The molecule has 0 aromatic heterocycles. The highest BCUT2D eigenvalue weighted by Crippen LogP contribution is 2.12. The van der Waals surface area contributed by atoms with Gasteiger partial charge in [0.05, 0.1) is 6.26 Å². The van der Waals surface area contributed by atoms with Crippen LogP contribution in [0, 0.1) is 0 Å². The van der Waals surface area contributed by atoms with Crippen molar-refractivity contribution in [1.29, 1.82) is 0 Å². The second-order valence-corrected chi connectivity index (χ2v) is 2.76. The Morgan fingerprint density at radius 3 is 2.31 bits per heavy atom. The van der Waals surface area contributed by atoms with Crippen molar-refractivity contribution >= 4 is 12.2 Å². The lowest BCUT2D eigenvalue weighted by Gasteiger charge is -1.98. The standard InChI is InChI=1S/C12H14O/c1-2-3-6-11-7-4-5-8-12(11)9-10-13/h3-10,13H,2H2,1H3/b6-3-,10-9-. The maximum Gasteiger partial charge on any atom is 0.0797 e. The summed E-state index contributed by atoms with van der Waals surface area (Å²) in [5.41, 5.74) is 2.17. The first-order chi connectivity index (χ1) is 6.38. The molecule has 0 saturated carbocycles. The molecular weight excluding hydrogens is 160 g/mol. The Kier molecular flexibility index (Phi) is 3.83. The van der Waals surface area contributed by atoms with E-state index in [9.17, 15) is 0 Å². The molecule has 0 bridgehead atoms. The number of benzene rings is 1. The molecule has 0 heterocycles. The van der Waals surface area contributed by atoms with Crippen LogP contribution < -0.4 is 0 Å². The summed E-state index contributed by atoms with van der Waals surface area (Å²) in [7, 11) is 0. The van der Waals surface area contributed by atoms with Crippen molar-refractivity contribution in [3.05, 3.63) is 47.7 Å². The molecule has 0 spiro atoms. The van der Waals surface area contributed by atoms with Crippen molar-refractivity contribution in [2.45, 2.75) is 13.3 Å². The molecule has 0 aliphatic carbocycles. The molecule has 1 aromatic rings. The largest absolute Gasteiger partial charge is 0.516 e. The van der Waals surface area contributed by atoms with E-state index in [2.05, 4.69) is 19.1 Å². The van der Waals surface area contributed by atoms with Gasteiger partial charge in [-0.3, -0.25) is 0 Å². The average molecular weight is 174 g/mol. The lowest BCUT2D eigenvalue weighted by Crippen LogP contribution is -1.78. The van der Waals surface area contributed by atoms with Crippen molar-refractivity contribution < 1.29 is 5.11 Å². The first kappa shape index (κ1) is 9.59. The van der Waals surface area contributed by atoms with Crippen LogP contribution in [0.15, 0.2) is 36.6 Å². The monoisotopic (exact) mass is 174 g/mol. The molecular formula is C12H14O. The minimum Gasteiger partial charge on any atom is -0.516 e. The van der Waals surface area contributed by atoms with Crippen LogP contribution in [-0.4, -0.2) is 5.11 Å². The predicted molar refractivity (Wildman–Crippen MR) is 57.4 cm³/mol. The van der Waals surface area contributed by atoms with Crippen LogP contribution in [-0.2, 0) is 0 Å². The highest BCUT2D eigenvalue weighted by atomic mass is 16.2. The molecule has 13 heavy (non-hydrogen) atoms. The van der Waals surface area contributed by atoms with Crippen LogP contribution >= 0.6 is 0 Å². The number of allylic oxidation sites excluding steroid dienone is 1. The smallest absolute Gasteiger partial charge is 0.0797 e. The fraction of sp³-hybridized carbons (Fsp3) is 0.167. The highest BCUT2D eigenvalue weighted by molar-refractivity contribution is 5.64. The van der Waals surface area contributed by atoms with Crippen LogP contribution in [0.4, 0.5) is 0 Å². The Labute approximate surface area is 79.0 Å². The van der Waals surface area contributed by atoms with Gasteiger partial charge in [-0.25, -0.2) is 0 Å². The summed E-state index contributed by atoms with van der Waals surface area (Å²) < 4.78 is 0. The van der Waals surface area contributed by atoms with Gasteiger partial charge in [-0.15, -0.1) is 0 Å². The van der Waals surface area contributed by atoms with E-state index in [0.29, 0.717) is 0 Å². The van der Waals surface area contributed by atoms with Crippen LogP contribution in [0.5, 0.6) is 0 Å². The fourth-order valence-electron chi connectivity index (χ4n) is 1.14. The van der Waals surface area contributed by atoms with Crippen LogP contribution in [0.2, 0.25) is 0 Å². The summed E-state index contributed by atoms with van der Waals surface area (Å²) in [6.07, 6.45) is 7.95. The van der Waals surface area contributed by atoms with Gasteiger partial charge < -0.3 is 5.11 Å². The van der Waals surface area contributed by atoms with Gasteiger partial charge in [-0.2, -0.15) is 0 Å². The third kappa shape index (κ3) is 2.79. The van der Waals surface area contributed by atoms with Crippen molar-refractivity contribution in [3.8, 4) is 0 Å². The number of hydrogen-bond donors (Lipinski definition) is 1. The van der Waals surface area contributed by atoms with Gasteiger partial charge in [-0.1, -0.05) is 43.3 Å². The van der Waals surface area contributed by atoms with Crippen molar-refractivity contribution in [1.82, 2.24) is 0 Å². The van der Waals surface area contributed by atoms with Gasteiger partial charge in [0.2, 0.25) is 0 Å². The van der Waals surface area contributed by atoms with Gasteiger partial charge in [0.1, 0.15) is 0 Å². The molecule has 0 unspecified atom stereocenters. The van der Waals surface area contributed by atoms with Crippen LogP contribution in [0.3, 0.4) is 0 Å². The Morgan fingerprint density at radius 2 is 1.77 bits per heavy atom. The third-order valence-electron chi connectivity index (χ3n) is 1.78. The van der Waals surface area contributed by atoms with Gasteiger partial charge >= 0.3 is 0 Å². The first-order valence-electron chi connectivity index (χ1n) is 4.44. The summed E-state index contributed by atoms with van der Waals surface area (Å²) in [6, 6.07) is 7.95. The molecule has 0 atom stereocenters. The van der Waals surface area contributed by atoms with Crippen molar-refractivity contribution in [2.75, 3.05) is 0 Å². The minimum absolute atomic E-state index is 1.02. The molecule has 68 valence electrons. The normalized spacial score (nSPS) is 11.5. The summed E-state index contributed by atoms with van der Waals surface area (Å²) >= 11 is 0. The summed E-state index contributed by atoms with van der Waals surface area (Å²) in [4.78, 5) is 0. The number of aliphatic hydroxyl groups is 1. The summed E-state index contributed by atoms with van der Waals surface area (Å²) in [5.74, 6) is 0. The Hall–Kier alpha value is -1.50. The topological polar surface area (TPSA) is 20.2 Å². The lowest BCUT2D eigenvalue weighted by atomic mass is 10.1. The molecule has 0 amide bonds. The van der Waals surface area contributed by atoms with E-state index in [0.717, 1.165) is 23.8 Å². The van der Waals surface area contributed by atoms with Crippen LogP contribution in [0.1, 0.15) is 24.5 Å². The van der Waals surface area contributed by atoms with Gasteiger partial charge in [0.25, 0.3) is 0 Å². The molecule has 1 heteroatoms. The number of rotatable bonds is 3. The second-order valence-electron chi connectivity index (χ2n) is 2.76. The van der Waals surface area contributed by atoms with Gasteiger partial charge in [-0.05, 0) is 23.6 Å². The number of aliphatic hydroxyl groups excluding tert-OH is 1. The average Bonchev–Trinajstić information content (AvgIpc) is 2.17. The third-order valence-corrected chi connectivity index (χ3v) is 1.78.